The van der Waals surface area contributed by atoms with Crippen molar-refractivity contribution < 1.29 is 35.9 Å². The predicted octanol–water partition coefficient (Wildman–Crippen LogP) is 4.64. The van der Waals surface area contributed by atoms with Crippen molar-refractivity contribution in [3.63, 3.8) is 0 Å². The van der Waals surface area contributed by atoms with Crippen LogP contribution in [0.2, 0.25) is 5.02 Å². The van der Waals surface area contributed by atoms with Crippen molar-refractivity contribution in [2.75, 3.05) is 11.6 Å². The Morgan fingerprint density at radius 2 is 1.59 bits per heavy atom. The number of pyridine rings is 1. The smallest absolute Gasteiger partial charge is 0.439 e. The number of anilines is 2. The number of aromatic nitrogens is 3. The minimum atomic E-state index is -4.86. The summed E-state index contributed by atoms with van der Waals surface area (Å²) in [5.41, 5.74) is -1.88. The van der Waals surface area contributed by atoms with Gasteiger partial charge < -0.3 is 14.8 Å². The van der Waals surface area contributed by atoms with Crippen LogP contribution in [0.3, 0.4) is 0 Å². The van der Waals surface area contributed by atoms with Gasteiger partial charge in [-0.15, -0.1) is 13.2 Å². The van der Waals surface area contributed by atoms with Crippen molar-refractivity contribution in [3.8, 4) is 17.4 Å². The lowest BCUT2D eigenvalue weighted by molar-refractivity contribution is -0.274. The number of amides is 1. The summed E-state index contributed by atoms with van der Waals surface area (Å²) in [6.07, 6.45) is -3.18. The molecular formula is C29H27ClF3N5O7S. The SMILES string of the molecule is CC(C)(Cn1c(=O)cc(Nc2ccc(Oc3ccc(OC(F)(F)F)cn3)cc2)n(Cc2ccc(Cl)cc2)c1=O)C(=O)NS(C)(=O)=O. The first-order valence-electron chi connectivity index (χ1n) is 13.3. The van der Waals surface area contributed by atoms with E-state index in [2.05, 4.69) is 15.0 Å². The average Bonchev–Trinajstić information content (AvgIpc) is 2.94. The highest BCUT2D eigenvalue weighted by atomic mass is 35.5. The zero-order valence-electron chi connectivity index (χ0n) is 24.5. The molecule has 0 radical (unpaired) electrons. The maximum absolute atomic E-state index is 13.7. The summed E-state index contributed by atoms with van der Waals surface area (Å²) in [5, 5.41) is 3.49. The minimum Gasteiger partial charge on any atom is -0.439 e. The Bertz CT molecular complexity index is 1940. The lowest BCUT2D eigenvalue weighted by atomic mass is 9.92. The molecule has 2 heterocycles. The number of sulfonamides is 1. The Balaban J connectivity index is 1.61. The summed E-state index contributed by atoms with van der Waals surface area (Å²) < 4.78 is 73.7. The third-order valence-corrected chi connectivity index (χ3v) is 7.08. The minimum absolute atomic E-state index is 0.00351. The van der Waals surface area contributed by atoms with E-state index < -0.39 is 51.3 Å². The van der Waals surface area contributed by atoms with Crippen molar-refractivity contribution in [1.29, 1.82) is 0 Å². The molecule has 2 N–H and O–H groups in total. The van der Waals surface area contributed by atoms with E-state index in [4.69, 9.17) is 16.3 Å². The third-order valence-electron chi connectivity index (χ3n) is 6.27. The molecule has 0 atom stereocenters. The van der Waals surface area contributed by atoms with Gasteiger partial charge in [0.25, 0.3) is 5.56 Å². The molecule has 0 fully saturated rings. The van der Waals surface area contributed by atoms with E-state index in [1.165, 1.54) is 42.7 Å². The van der Waals surface area contributed by atoms with Gasteiger partial charge in [-0.1, -0.05) is 23.7 Å². The molecule has 0 saturated carbocycles. The first-order valence-corrected chi connectivity index (χ1v) is 15.5. The number of nitrogens with zero attached hydrogens (tertiary/aromatic N) is 3. The highest BCUT2D eigenvalue weighted by molar-refractivity contribution is 7.89. The van der Waals surface area contributed by atoms with Gasteiger partial charge in [-0.3, -0.25) is 23.4 Å². The standard InChI is InChI=1S/C29H27ClF3N5O7S/c1-28(2,26(40)36-46(3,42)43)17-38-25(39)14-23(37(27(38)41)16-18-4-6-19(30)7-5-18)35-20-8-10-21(11-9-20)44-24-13-12-22(15-34-24)45-29(31,32)33/h4-15,35H,16-17H2,1-3H3,(H,36,40). The first-order chi connectivity index (χ1) is 21.4. The topological polar surface area (TPSA) is 151 Å². The number of ether oxygens (including phenoxy) is 2. The van der Waals surface area contributed by atoms with Crippen LogP contribution in [0.25, 0.3) is 0 Å². The highest BCUT2D eigenvalue weighted by Crippen LogP contribution is 2.27. The molecular weight excluding hydrogens is 655 g/mol. The van der Waals surface area contributed by atoms with Gasteiger partial charge in [-0.05, 0) is 61.9 Å². The quantitative estimate of drug-likeness (QED) is 0.231. The number of hydrogen-bond donors (Lipinski definition) is 2. The monoisotopic (exact) mass is 681 g/mol. The molecule has 0 bridgehead atoms. The number of carbonyl (C=O) groups excluding carboxylic acids is 1. The molecule has 0 spiro atoms. The van der Waals surface area contributed by atoms with Crippen LogP contribution in [0.15, 0.2) is 82.5 Å². The van der Waals surface area contributed by atoms with Crippen molar-refractivity contribution in [2.24, 2.45) is 5.41 Å². The van der Waals surface area contributed by atoms with Crippen LogP contribution in [0.5, 0.6) is 17.4 Å². The van der Waals surface area contributed by atoms with Gasteiger partial charge in [0.05, 0.1) is 24.4 Å². The Morgan fingerprint density at radius 3 is 2.15 bits per heavy atom. The molecule has 0 aliphatic rings. The lowest BCUT2D eigenvalue weighted by Crippen LogP contribution is -2.48. The average molecular weight is 682 g/mol. The second-order valence-electron chi connectivity index (χ2n) is 10.7. The Hall–Kier alpha value is -4.83. The number of alkyl halides is 3. The molecule has 0 aliphatic carbocycles. The molecule has 4 rings (SSSR count). The number of nitrogens with one attached hydrogen (secondary N) is 2. The van der Waals surface area contributed by atoms with Gasteiger partial charge >= 0.3 is 12.1 Å². The summed E-state index contributed by atoms with van der Waals surface area (Å²) in [6.45, 7) is 2.38. The third kappa shape index (κ3) is 9.34. The fourth-order valence-electron chi connectivity index (χ4n) is 4.06. The Kier molecular flexibility index (Phi) is 9.82. The van der Waals surface area contributed by atoms with E-state index in [1.54, 1.807) is 36.4 Å². The van der Waals surface area contributed by atoms with E-state index >= 15 is 0 Å². The zero-order chi connectivity index (χ0) is 33.9. The summed E-state index contributed by atoms with van der Waals surface area (Å²) in [4.78, 5) is 43.3. The fourth-order valence-corrected chi connectivity index (χ4v) is 4.80. The van der Waals surface area contributed by atoms with Crippen LogP contribution in [-0.4, -0.2) is 41.1 Å². The molecule has 4 aromatic rings. The van der Waals surface area contributed by atoms with Gasteiger partial charge in [0.15, 0.2) is 0 Å². The van der Waals surface area contributed by atoms with Crippen LogP contribution >= 0.6 is 11.6 Å². The Labute approximate surface area is 265 Å². The summed E-state index contributed by atoms with van der Waals surface area (Å²) in [6, 6.07) is 16.3. The van der Waals surface area contributed by atoms with Crippen molar-refractivity contribution >= 4 is 39.0 Å². The molecule has 0 saturated heterocycles. The zero-order valence-corrected chi connectivity index (χ0v) is 26.0. The fraction of sp³-hybridized carbons (Fsp3) is 0.241. The maximum atomic E-state index is 13.7. The second-order valence-corrected chi connectivity index (χ2v) is 12.9. The van der Waals surface area contributed by atoms with Crippen LogP contribution in [-0.2, 0) is 27.9 Å². The molecule has 1 amide bonds. The lowest BCUT2D eigenvalue weighted by Gasteiger charge is -2.24. The van der Waals surface area contributed by atoms with E-state index in [9.17, 15) is 36.0 Å². The van der Waals surface area contributed by atoms with E-state index in [-0.39, 0.29) is 24.0 Å². The molecule has 12 nitrogen and oxygen atoms in total. The van der Waals surface area contributed by atoms with Gasteiger partial charge in [-0.25, -0.2) is 18.2 Å². The molecule has 46 heavy (non-hydrogen) atoms. The second kappa shape index (κ2) is 13.3. The van der Waals surface area contributed by atoms with Gasteiger partial charge in [0.1, 0.15) is 17.3 Å². The van der Waals surface area contributed by atoms with E-state index in [1.807, 2.05) is 4.72 Å². The van der Waals surface area contributed by atoms with Crippen LogP contribution in [0.4, 0.5) is 24.7 Å². The number of benzene rings is 2. The number of halogens is 4. The number of rotatable bonds is 11. The summed E-state index contributed by atoms with van der Waals surface area (Å²) in [7, 11) is -3.89. The van der Waals surface area contributed by atoms with Crippen LogP contribution < -0.4 is 30.8 Å². The van der Waals surface area contributed by atoms with Crippen molar-refractivity contribution in [3.05, 3.63) is 104 Å². The molecule has 2 aromatic heterocycles. The Morgan fingerprint density at radius 1 is 0.957 bits per heavy atom. The summed E-state index contributed by atoms with van der Waals surface area (Å²) in [5.74, 6) is -1.01. The van der Waals surface area contributed by atoms with Crippen LogP contribution in [0.1, 0.15) is 19.4 Å². The molecule has 0 aliphatic heterocycles. The van der Waals surface area contributed by atoms with Gasteiger partial charge in [-0.2, -0.15) is 0 Å². The molecule has 244 valence electrons. The highest BCUT2D eigenvalue weighted by Gasteiger charge is 2.32. The predicted molar refractivity (Wildman–Crippen MR) is 163 cm³/mol. The largest absolute Gasteiger partial charge is 0.573 e. The van der Waals surface area contributed by atoms with Crippen molar-refractivity contribution in [2.45, 2.75) is 33.3 Å². The first kappa shape index (κ1) is 34.1. The van der Waals surface area contributed by atoms with Gasteiger partial charge in [0, 0.05) is 29.4 Å². The number of carbonyl (C=O) groups is 1. The summed E-state index contributed by atoms with van der Waals surface area (Å²) >= 11 is 6.00. The molecule has 17 heteroatoms. The normalized spacial score (nSPS) is 12.0. The van der Waals surface area contributed by atoms with E-state index in [0.29, 0.717) is 16.3 Å². The molecule has 0 unspecified atom stereocenters. The van der Waals surface area contributed by atoms with Gasteiger partial charge in [0.2, 0.25) is 21.8 Å². The maximum Gasteiger partial charge on any atom is 0.573 e. The number of hydrogen-bond acceptors (Lipinski definition) is 9. The van der Waals surface area contributed by atoms with Crippen molar-refractivity contribution in [1.82, 2.24) is 18.8 Å². The van der Waals surface area contributed by atoms with Crippen LogP contribution in [0, 0.1) is 5.41 Å². The van der Waals surface area contributed by atoms with E-state index in [0.717, 1.165) is 23.1 Å². The molecule has 2 aromatic carbocycles.